The van der Waals surface area contributed by atoms with Gasteiger partial charge in [0, 0.05) is 5.56 Å². The molecule has 0 spiro atoms. The highest BCUT2D eigenvalue weighted by Gasteiger charge is 2.20. The number of allylic oxidation sites excluding steroid dienone is 1. The molecular formula is C12H16Cl2N2S. The fourth-order valence-corrected chi connectivity index (χ4v) is 3.78. The summed E-state index contributed by atoms with van der Waals surface area (Å²) in [6.07, 6.45) is 8.27. The lowest BCUT2D eigenvalue weighted by molar-refractivity contribution is 0.594. The molecule has 0 fully saturated rings. The minimum Gasteiger partial charge on any atom is -0.271 e. The van der Waals surface area contributed by atoms with E-state index in [1.807, 2.05) is 6.07 Å². The molecule has 0 radical (unpaired) electrons. The van der Waals surface area contributed by atoms with Gasteiger partial charge in [-0.1, -0.05) is 41.3 Å². The summed E-state index contributed by atoms with van der Waals surface area (Å²) in [6, 6.07) is 1.91. The molecule has 0 aromatic carbocycles. The maximum atomic E-state index is 6.19. The second-order valence-corrected chi connectivity index (χ2v) is 6.54. The number of thiophene rings is 1. The minimum atomic E-state index is 0.00403. The van der Waals surface area contributed by atoms with Gasteiger partial charge >= 0.3 is 0 Å². The smallest absolute Gasteiger partial charge is 0.0995 e. The molecule has 0 aliphatic heterocycles. The Morgan fingerprint density at radius 3 is 2.76 bits per heavy atom. The third kappa shape index (κ3) is 3.24. The first-order valence-electron chi connectivity index (χ1n) is 5.82. The molecule has 1 aliphatic rings. The van der Waals surface area contributed by atoms with Crippen LogP contribution in [0.4, 0.5) is 0 Å². The second kappa shape index (κ2) is 6.21. The lowest BCUT2D eigenvalue weighted by atomic mass is 9.98. The van der Waals surface area contributed by atoms with Crippen LogP contribution in [0.3, 0.4) is 0 Å². The molecule has 1 aromatic rings. The third-order valence-corrected chi connectivity index (χ3v) is 4.63. The quantitative estimate of drug-likeness (QED) is 0.490. The summed E-state index contributed by atoms with van der Waals surface area (Å²) in [5.41, 5.74) is 5.20. The molecule has 2 nitrogen and oxygen atoms in total. The Hall–Kier alpha value is -0.0600. The largest absolute Gasteiger partial charge is 0.271 e. The van der Waals surface area contributed by atoms with Gasteiger partial charge in [0.25, 0.3) is 0 Å². The predicted molar refractivity (Wildman–Crippen MR) is 75.6 cm³/mol. The van der Waals surface area contributed by atoms with E-state index in [1.165, 1.54) is 36.2 Å². The SMILES string of the molecule is NNC(C1=CCCCCC1)c1cc(Cl)sc1Cl. The number of hydrazine groups is 1. The Kier molecular flexibility index (Phi) is 4.88. The number of halogens is 2. The molecule has 0 amide bonds. The van der Waals surface area contributed by atoms with Crippen LogP contribution in [0.5, 0.6) is 0 Å². The topological polar surface area (TPSA) is 38.0 Å². The second-order valence-electron chi connectivity index (χ2n) is 4.26. The maximum absolute atomic E-state index is 6.19. The van der Waals surface area contributed by atoms with E-state index >= 15 is 0 Å². The molecule has 1 aromatic heterocycles. The predicted octanol–water partition coefficient (Wildman–Crippen LogP) is 4.45. The van der Waals surface area contributed by atoms with Gasteiger partial charge in [-0.05, 0) is 31.7 Å². The number of hydrogen-bond acceptors (Lipinski definition) is 3. The molecule has 94 valence electrons. The summed E-state index contributed by atoms with van der Waals surface area (Å²) in [6.45, 7) is 0. The van der Waals surface area contributed by atoms with Crippen LogP contribution < -0.4 is 11.3 Å². The van der Waals surface area contributed by atoms with Crippen molar-refractivity contribution < 1.29 is 0 Å². The van der Waals surface area contributed by atoms with Gasteiger partial charge in [0.05, 0.1) is 14.7 Å². The van der Waals surface area contributed by atoms with Gasteiger partial charge < -0.3 is 0 Å². The van der Waals surface area contributed by atoms with Gasteiger partial charge in [0.15, 0.2) is 0 Å². The molecule has 1 heterocycles. The van der Waals surface area contributed by atoms with E-state index < -0.39 is 0 Å². The van der Waals surface area contributed by atoms with E-state index in [-0.39, 0.29) is 6.04 Å². The van der Waals surface area contributed by atoms with E-state index in [0.29, 0.717) is 4.34 Å². The first-order chi connectivity index (χ1) is 8.22. The van der Waals surface area contributed by atoms with Crippen molar-refractivity contribution >= 4 is 34.5 Å². The maximum Gasteiger partial charge on any atom is 0.0995 e. The Labute approximate surface area is 116 Å². The summed E-state index contributed by atoms with van der Waals surface area (Å²) < 4.78 is 1.43. The standard InChI is InChI=1S/C12H16Cl2N2S/c13-10-7-9(12(14)17-10)11(16-15)8-5-3-1-2-4-6-8/h5,7,11,16H,1-4,6,15H2. The Balaban J connectivity index is 2.26. The average Bonchev–Trinajstić information content (AvgIpc) is 2.55. The van der Waals surface area contributed by atoms with E-state index in [4.69, 9.17) is 29.0 Å². The zero-order valence-corrected chi connectivity index (χ0v) is 11.8. The molecule has 1 aliphatic carbocycles. The van der Waals surface area contributed by atoms with Gasteiger partial charge in [-0.3, -0.25) is 5.84 Å². The number of hydrogen-bond donors (Lipinski definition) is 2. The Morgan fingerprint density at radius 2 is 2.12 bits per heavy atom. The van der Waals surface area contributed by atoms with Crippen molar-refractivity contribution in [2.45, 2.75) is 38.1 Å². The molecule has 3 N–H and O–H groups in total. The molecule has 0 saturated carbocycles. The van der Waals surface area contributed by atoms with Crippen LogP contribution in [0.25, 0.3) is 0 Å². The van der Waals surface area contributed by atoms with Crippen molar-refractivity contribution in [3.63, 3.8) is 0 Å². The first kappa shape index (κ1) is 13.4. The zero-order valence-electron chi connectivity index (χ0n) is 9.51. The molecule has 1 atom stereocenters. The number of rotatable bonds is 3. The van der Waals surface area contributed by atoms with Crippen LogP contribution in [-0.4, -0.2) is 0 Å². The van der Waals surface area contributed by atoms with Gasteiger partial charge in [0.1, 0.15) is 0 Å². The Morgan fingerprint density at radius 1 is 1.29 bits per heavy atom. The van der Waals surface area contributed by atoms with E-state index in [1.54, 1.807) is 0 Å². The van der Waals surface area contributed by atoms with Crippen LogP contribution in [-0.2, 0) is 0 Å². The van der Waals surface area contributed by atoms with E-state index in [2.05, 4.69) is 11.5 Å². The fraction of sp³-hybridized carbons (Fsp3) is 0.500. The van der Waals surface area contributed by atoms with Crippen molar-refractivity contribution in [2.75, 3.05) is 0 Å². The molecule has 2 rings (SSSR count). The normalized spacial score (nSPS) is 18.6. The fourth-order valence-electron chi connectivity index (χ4n) is 2.25. The lowest BCUT2D eigenvalue weighted by Crippen LogP contribution is -2.29. The van der Waals surface area contributed by atoms with E-state index in [0.717, 1.165) is 22.7 Å². The van der Waals surface area contributed by atoms with Crippen LogP contribution in [0, 0.1) is 0 Å². The lowest BCUT2D eigenvalue weighted by Gasteiger charge is -2.18. The van der Waals surface area contributed by atoms with Crippen LogP contribution >= 0.6 is 34.5 Å². The van der Waals surface area contributed by atoms with Crippen molar-refractivity contribution in [1.29, 1.82) is 0 Å². The van der Waals surface area contributed by atoms with Gasteiger partial charge in [-0.2, -0.15) is 0 Å². The molecule has 1 unspecified atom stereocenters. The van der Waals surface area contributed by atoms with Crippen molar-refractivity contribution in [3.8, 4) is 0 Å². The van der Waals surface area contributed by atoms with Crippen LogP contribution in [0.15, 0.2) is 17.7 Å². The number of nitrogens with two attached hydrogens (primary N) is 1. The summed E-state index contributed by atoms with van der Waals surface area (Å²) >= 11 is 13.6. The molecule has 0 bridgehead atoms. The molecule has 17 heavy (non-hydrogen) atoms. The van der Waals surface area contributed by atoms with Crippen LogP contribution in [0.1, 0.15) is 43.7 Å². The highest BCUT2D eigenvalue weighted by molar-refractivity contribution is 7.20. The molecule has 5 heteroatoms. The van der Waals surface area contributed by atoms with Gasteiger partial charge in [-0.15, -0.1) is 11.3 Å². The molecular weight excluding hydrogens is 275 g/mol. The minimum absolute atomic E-state index is 0.00403. The number of nitrogens with one attached hydrogen (secondary N) is 1. The van der Waals surface area contributed by atoms with Crippen molar-refractivity contribution in [2.24, 2.45) is 5.84 Å². The average molecular weight is 291 g/mol. The Bertz CT molecular complexity index is 415. The monoisotopic (exact) mass is 290 g/mol. The summed E-state index contributed by atoms with van der Waals surface area (Å²) in [5, 5.41) is 0. The van der Waals surface area contributed by atoms with Crippen LogP contribution in [0.2, 0.25) is 8.67 Å². The van der Waals surface area contributed by atoms with Crippen molar-refractivity contribution in [3.05, 3.63) is 32.0 Å². The van der Waals surface area contributed by atoms with Crippen molar-refractivity contribution in [1.82, 2.24) is 5.43 Å². The first-order valence-corrected chi connectivity index (χ1v) is 7.39. The van der Waals surface area contributed by atoms with Gasteiger partial charge in [-0.25, -0.2) is 5.43 Å². The summed E-state index contributed by atoms with van der Waals surface area (Å²) in [7, 11) is 0. The highest BCUT2D eigenvalue weighted by atomic mass is 35.5. The van der Waals surface area contributed by atoms with E-state index in [9.17, 15) is 0 Å². The molecule has 0 saturated heterocycles. The summed E-state index contributed by atoms with van der Waals surface area (Å²) in [5.74, 6) is 5.68. The zero-order chi connectivity index (χ0) is 12.3. The summed E-state index contributed by atoms with van der Waals surface area (Å²) in [4.78, 5) is 0. The third-order valence-electron chi connectivity index (χ3n) is 3.11. The van der Waals surface area contributed by atoms with Gasteiger partial charge in [0.2, 0.25) is 0 Å². The highest BCUT2D eigenvalue weighted by Crippen LogP contribution is 2.39.